The lowest BCUT2D eigenvalue weighted by Crippen LogP contribution is -2.01. The van der Waals surface area contributed by atoms with Crippen LogP contribution < -0.4 is 0 Å². The predicted molar refractivity (Wildman–Crippen MR) is 443 cm³/mol. The van der Waals surface area contributed by atoms with Gasteiger partial charge < -0.3 is 9.13 Å². The summed E-state index contributed by atoms with van der Waals surface area (Å²) in [4.78, 5) is 29.8. The molecule has 21 rings (SSSR count). The molecular formula is C96H60N8S2. The van der Waals surface area contributed by atoms with Crippen LogP contribution in [0.15, 0.2) is 364 Å². The molecule has 0 bridgehead atoms. The third-order valence-corrected chi connectivity index (χ3v) is 22.5. The van der Waals surface area contributed by atoms with Gasteiger partial charge in [0, 0.05) is 107 Å². The second-order valence-corrected chi connectivity index (χ2v) is 28.6. The van der Waals surface area contributed by atoms with Gasteiger partial charge in [-0.15, -0.1) is 22.7 Å². The molecule has 496 valence electrons. The van der Waals surface area contributed by atoms with Gasteiger partial charge in [0.15, 0.2) is 34.9 Å². The first-order valence-corrected chi connectivity index (χ1v) is 37.1. The van der Waals surface area contributed by atoms with Gasteiger partial charge in [-0.1, -0.05) is 285 Å². The normalized spacial score (nSPS) is 11.6. The molecule has 6 heterocycles. The van der Waals surface area contributed by atoms with Crippen molar-refractivity contribution in [1.82, 2.24) is 39.0 Å². The number of thiophene rings is 2. The maximum Gasteiger partial charge on any atom is 0.164 e. The van der Waals surface area contributed by atoms with E-state index in [1.54, 1.807) is 0 Å². The third-order valence-electron chi connectivity index (χ3n) is 20.1. The zero-order chi connectivity index (χ0) is 70.0. The van der Waals surface area contributed by atoms with Gasteiger partial charge in [0.25, 0.3) is 0 Å². The van der Waals surface area contributed by atoms with E-state index in [2.05, 4.69) is 252 Å². The van der Waals surface area contributed by atoms with Crippen molar-refractivity contribution >= 4 is 107 Å². The minimum Gasteiger partial charge on any atom is -0.309 e. The summed E-state index contributed by atoms with van der Waals surface area (Å²) >= 11 is 3.75. The molecule has 106 heavy (non-hydrogen) atoms. The first-order chi connectivity index (χ1) is 52.5. The largest absolute Gasteiger partial charge is 0.309 e. The molecule has 0 radical (unpaired) electrons. The van der Waals surface area contributed by atoms with Crippen LogP contribution in [0.3, 0.4) is 0 Å². The van der Waals surface area contributed by atoms with Gasteiger partial charge in [-0.05, 0) is 112 Å². The Hall–Kier alpha value is -13.6. The number of benzene rings is 15. The quantitative estimate of drug-likeness (QED) is 0.128. The molecule has 0 fully saturated rings. The number of nitrogens with zero attached hydrogens (tertiary/aromatic N) is 8. The fourth-order valence-electron chi connectivity index (χ4n) is 15.1. The summed E-state index contributed by atoms with van der Waals surface area (Å²) in [5.74, 6) is 3.88. The Kier molecular flexibility index (Phi) is 15.4. The first kappa shape index (κ1) is 62.2. The van der Waals surface area contributed by atoms with Crippen LogP contribution in [0.2, 0.25) is 0 Å². The number of aromatic nitrogens is 8. The Morgan fingerprint density at radius 3 is 0.896 bits per heavy atom. The summed E-state index contributed by atoms with van der Waals surface area (Å²) in [6.45, 7) is 0. The van der Waals surface area contributed by atoms with Crippen molar-refractivity contribution in [2.24, 2.45) is 0 Å². The van der Waals surface area contributed by atoms with E-state index < -0.39 is 0 Å². The maximum absolute atomic E-state index is 5.00. The third kappa shape index (κ3) is 11.2. The Morgan fingerprint density at radius 1 is 0.179 bits per heavy atom. The SMILES string of the molecule is c1ccc(-c2nc(-c3ccccc3)nc(-c3cccc(-c4cccc(-n5c6ccccc6c6cc(-c7cccc8c7sc7ccccc78)ccc65)c4)c3)n2)cc1.c1ccc(-c2nc(-c3ccccc3)nc(-c3cccc(-n4c5ccccc5c5cc(-c6cccc7c6sc6ccccc67)ccc54)c3)n2)cc1. The average Bonchev–Trinajstić information content (AvgIpc) is 1.59. The topological polar surface area (TPSA) is 87.2 Å². The lowest BCUT2D eigenvalue weighted by molar-refractivity contribution is 1.07. The van der Waals surface area contributed by atoms with Crippen LogP contribution in [0.4, 0.5) is 0 Å². The van der Waals surface area contributed by atoms with Crippen LogP contribution >= 0.6 is 22.7 Å². The Balaban J connectivity index is 0.000000141. The zero-order valence-corrected chi connectivity index (χ0v) is 58.7. The van der Waals surface area contributed by atoms with Crippen LogP contribution in [-0.2, 0) is 0 Å². The molecule has 0 N–H and O–H groups in total. The summed E-state index contributed by atoms with van der Waals surface area (Å²) in [5.41, 5.74) is 19.7. The van der Waals surface area contributed by atoms with E-state index in [9.17, 15) is 0 Å². The van der Waals surface area contributed by atoms with Crippen LogP contribution in [-0.4, -0.2) is 39.0 Å². The molecule has 8 nitrogen and oxygen atoms in total. The lowest BCUT2D eigenvalue weighted by atomic mass is 10.0. The van der Waals surface area contributed by atoms with E-state index in [0.29, 0.717) is 34.9 Å². The highest BCUT2D eigenvalue weighted by Gasteiger charge is 2.21. The Bertz CT molecular complexity index is 6850. The molecule has 15 aromatic carbocycles. The van der Waals surface area contributed by atoms with E-state index >= 15 is 0 Å². The van der Waals surface area contributed by atoms with Crippen LogP contribution in [0.25, 0.3) is 197 Å². The number of hydrogen-bond acceptors (Lipinski definition) is 8. The van der Waals surface area contributed by atoms with Crippen molar-refractivity contribution in [1.29, 1.82) is 0 Å². The fraction of sp³-hybridized carbons (Fsp3) is 0. The van der Waals surface area contributed by atoms with E-state index in [1.165, 1.54) is 95.2 Å². The van der Waals surface area contributed by atoms with Crippen molar-refractivity contribution in [3.63, 3.8) is 0 Å². The smallest absolute Gasteiger partial charge is 0.164 e. The summed E-state index contributed by atoms with van der Waals surface area (Å²) < 4.78 is 10.0. The molecule has 21 aromatic rings. The average molecular weight is 1390 g/mol. The molecule has 0 saturated carbocycles. The minimum atomic E-state index is 0.638. The number of hydrogen-bond donors (Lipinski definition) is 0. The van der Waals surface area contributed by atoms with Crippen LogP contribution in [0.1, 0.15) is 0 Å². The summed E-state index contributed by atoms with van der Waals surface area (Å²) in [6, 6.07) is 128. The molecule has 0 aliphatic carbocycles. The number of para-hydroxylation sites is 2. The van der Waals surface area contributed by atoms with Gasteiger partial charge in [0.2, 0.25) is 0 Å². The molecule has 0 atom stereocenters. The van der Waals surface area contributed by atoms with E-state index in [-0.39, 0.29) is 0 Å². The van der Waals surface area contributed by atoms with Gasteiger partial charge in [-0.3, -0.25) is 0 Å². The highest BCUT2D eigenvalue weighted by atomic mass is 32.1. The molecular weight excluding hydrogens is 1330 g/mol. The summed E-state index contributed by atoms with van der Waals surface area (Å²) in [7, 11) is 0. The zero-order valence-electron chi connectivity index (χ0n) is 57.0. The second-order valence-electron chi connectivity index (χ2n) is 26.5. The monoisotopic (exact) mass is 1390 g/mol. The maximum atomic E-state index is 5.00. The van der Waals surface area contributed by atoms with Gasteiger partial charge in [-0.2, -0.15) is 0 Å². The van der Waals surface area contributed by atoms with Crippen molar-refractivity contribution in [2.75, 3.05) is 0 Å². The van der Waals surface area contributed by atoms with Crippen molar-refractivity contribution < 1.29 is 0 Å². The molecule has 0 aliphatic rings. The molecule has 0 saturated heterocycles. The van der Waals surface area contributed by atoms with Gasteiger partial charge in [0.05, 0.1) is 22.1 Å². The van der Waals surface area contributed by atoms with E-state index in [4.69, 9.17) is 29.9 Å². The standard InChI is InChI=1S/C51H32N4S.C45H28N4S/c1-3-14-33(15-4-1)49-52-50(34-16-5-2-6-17-34)54-51(53-49)38-20-11-18-35(30-38)36-19-12-21-39(31-36)55-45-26-9-7-22-41(45)44-32-37(28-29-46(44)55)40-24-13-25-43-42-23-8-10-27-47(42)56-48(40)43;1-3-13-29(14-4-1)43-46-44(30-15-5-2-6-16-30)48-45(47-43)32-17-11-18-33(27-32)49-39-23-9-7-19-35(39)38-28-31(25-26-40(38)49)34-21-12-22-37-36-20-8-10-24-41(36)50-42(34)37/h1-32H;1-28H. The van der Waals surface area contributed by atoms with Gasteiger partial charge in [0.1, 0.15) is 0 Å². The fourth-order valence-corrected chi connectivity index (χ4v) is 17.6. The molecule has 0 spiro atoms. The van der Waals surface area contributed by atoms with Crippen LogP contribution in [0, 0.1) is 0 Å². The summed E-state index contributed by atoms with van der Waals surface area (Å²) in [6.07, 6.45) is 0. The highest BCUT2D eigenvalue weighted by Crippen LogP contribution is 2.45. The molecule has 0 amide bonds. The van der Waals surface area contributed by atoms with E-state index in [1.807, 2.05) is 144 Å². The molecule has 0 unspecified atom stereocenters. The molecule has 0 aliphatic heterocycles. The van der Waals surface area contributed by atoms with Crippen molar-refractivity contribution in [2.45, 2.75) is 0 Å². The summed E-state index contributed by atoms with van der Waals surface area (Å²) in [5, 5.41) is 10.2. The van der Waals surface area contributed by atoms with Gasteiger partial charge in [-0.25, -0.2) is 29.9 Å². The Labute approximate surface area is 618 Å². The predicted octanol–water partition coefficient (Wildman–Crippen LogP) is 25.7. The van der Waals surface area contributed by atoms with Crippen molar-refractivity contribution in [3.8, 4) is 113 Å². The first-order valence-electron chi connectivity index (χ1n) is 35.5. The Morgan fingerprint density at radius 2 is 0.472 bits per heavy atom. The highest BCUT2D eigenvalue weighted by molar-refractivity contribution is 7.26. The number of rotatable bonds is 11. The van der Waals surface area contributed by atoms with Crippen LogP contribution in [0.5, 0.6) is 0 Å². The van der Waals surface area contributed by atoms with E-state index in [0.717, 1.165) is 66.9 Å². The number of fused-ring (bicyclic) bond motifs is 12. The molecule has 10 heteroatoms. The molecule has 6 aromatic heterocycles. The lowest BCUT2D eigenvalue weighted by Gasteiger charge is -2.12. The minimum absolute atomic E-state index is 0.638. The second kappa shape index (κ2) is 26.3. The van der Waals surface area contributed by atoms with Crippen molar-refractivity contribution in [3.05, 3.63) is 364 Å². The van der Waals surface area contributed by atoms with Gasteiger partial charge >= 0.3 is 0 Å².